The molecule has 0 aliphatic heterocycles. The second-order valence-corrected chi connectivity index (χ2v) is 5.48. The molecule has 116 valence electrons. The Morgan fingerprint density at radius 1 is 0.917 bits per heavy atom. The summed E-state index contributed by atoms with van der Waals surface area (Å²) < 4.78 is 1.64. The van der Waals surface area contributed by atoms with Gasteiger partial charge in [0.05, 0.1) is 18.2 Å². The highest BCUT2D eigenvalue weighted by Gasteiger charge is 2.00. The predicted molar refractivity (Wildman–Crippen MR) is 96.3 cm³/mol. The zero-order chi connectivity index (χ0) is 16.8. The van der Waals surface area contributed by atoms with E-state index in [9.17, 15) is 4.79 Å². The molecular weight excluding hydrogens is 296 g/mol. The van der Waals surface area contributed by atoms with Crippen LogP contribution in [-0.2, 0) is 6.54 Å². The molecule has 0 fully saturated rings. The zero-order valence-electron chi connectivity index (χ0n) is 13.1. The van der Waals surface area contributed by atoms with Crippen molar-refractivity contribution in [1.82, 2.24) is 4.57 Å². The highest BCUT2D eigenvalue weighted by Crippen LogP contribution is 2.08. The first kappa shape index (κ1) is 15.5. The number of benzene rings is 2. The number of hydrogen-bond donors (Lipinski definition) is 0. The van der Waals surface area contributed by atoms with Crippen molar-refractivity contribution in [2.75, 3.05) is 0 Å². The van der Waals surface area contributed by atoms with Gasteiger partial charge in [-0.25, -0.2) is 0 Å². The molecule has 0 saturated carbocycles. The zero-order valence-corrected chi connectivity index (χ0v) is 13.1. The monoisotopic (exact) mass is 312 g/mol. The van der Waals surface area contributed by atoms with Crippen molar-refractivity contribution in [3.8, 4) is 6.07 Å². The summed E-state index contributed by atoms with van der Waals surface area (Å²) in [5.74, 6) is 0. The maximum Gasteiger partial charge on any atom is 0.251 e. The number of hydrogen-bond acceptors (Lipinski definition) is 2. The second-order valence-electron chi connectivity index (χ2n) is 5.48. The fourth-order valence-corrected chi connectivity index (χ4v) is 2.45. The van der Waals surface area contributed by atoms with E-state index in [1.54, 1.807) is 29.0 Å². The quantitative estimate of drug-likeness (QED) is 0.732. The van der Waals surface area contributed by atoms with Crippen molar-refractivity contribution in [3.63, 3.8) is 0 Å². The average molecular weight is 312 g/mol. The summed E-state index contributed by atoms with van der Waals surface area (Å²) in [6.45, 7) is 0.455. The number of rotatable bonds is 4. The van der Waals surface area contributed by atoms with Gasteiger partial charge < -0.3 is 4.57 Å². The van der Waals surface area contributed by atoms with Gasteiger partial charge in [-0.15, -0.1) is 0 Å². The minimum atomic E-state index is -0.0624. The van der Waals surface area contributed by atoms with Gasteiger partial charge in [-0.05, 0) is 34.9 Å². The van der Waals surface area contributed by atoms with E-state index in [0.717, 1.165) is 16.7 Å². The van der Waals surface area contributed by atoms with E-state index >= 15 is 0 Å². The molecule has 3 aromatic rings. The van der Waals surface area contributed by atoms with Crippen LogP contribution in [0.15, 0.2) is 77.7 Å². The summed E-state index contributed by atoms with van der Waals surface area (Å²) in [5, 5.41) is 8.95. The lowest BCUT2D eigenvalue weighted by Crippen LogP contribution is -2.19. The van der Waals surface area contributed by atoms with E-state index in [1.165, 1.54) is 0 Å². The van der Waals surface area contributed by atoms with E-state index < -0.39 is 0 Å². The van der Waals surface area contributed by atoms with Gasteiger partial charge in [0.1, 0.15) is 0 Å². The molecule has 3 nitrogen and oxygen atoms in total. The molecule has 1 aromatic heterocycles. The summed E-state index contributed by atoms with van der Waals surface area (Å²) in [6.07, 6.45) is 5.69. The first-order chi connectivity index (χ1) is 11.7. The molecule has 3 heteroatoms. The lowest BCUT2D eigenvalue weighted by Gasteiger charge is -2.06. The van der Waals surface area contributed by atoms with Crippen molar-refractivity contribution in [2.45, 2.75) is 6.54 Å². The summed E-state index contributed by atoms with van der Waals surface area (Å²) in [6, 6.07) is 22.9. The third-order valence-corrected chi connectivity index (χ3v) is 3.70. The van der Waals surface area contributed by atoms with Crippen LogP contribution in [0.5, 0.6) is 0 Å². The SMILES string of the molecule is N#Cc1cccc(Cn2ccc(/C=C/c3ccccc3)cc2=O)c1. The summed E-state index contributed by atoms with van der Waals surface area (Å²) in [7, 11) is 0. The van der Waals surface area contributed by atoms with Gasteiger partial charge >= 0.3 is 0 Å². The molecular formula is C21H16N2O. The standard InChI is InChI=1S/C21H16N2O/c22-15-19-7-4-8-20(13-19)16-23-12-11-18(14-21(23)24)10-9-17-5-2-1-3-6-17/h1-14H,16H2/b10-9+. The number of aromatic nitrogens is 1. The Balaban J connectivity index is 1.79. The van der Waals surface area contributed by atoms with Crippen LogP contribution in [0.3, 0.4) is 0 Å². The van der Waals surface area contributed by atoms with E-state index in [2.05, 4.69) is 6.07 Å². The van der Waals surface area contributed by atoms with Gasteiger partial charge in [0, 0.05) is 12.3 Å². The van der Waals surface area contributed by atoms with E-state index in [0.29, 0.717) is 12.1 Å². The van der Waals surface area contributed by atoms with Crippen molar-refractivity contribution >= 4 is 12.2 Å². The van der Waals surface area contributed by atoms with E-state index in [1.807, 2.05) is 60.7 Å². The number of pyridine rings is 1. The topological polar surface area (TPSA) is 45.8 Å². The number of nitrogens with zero attached hydrogens (tertiary/aromatic N) is 2. The minimum absolute atomic E-state index is 0.0624. The Labute approximate surface area is 140 Å². The lowest BCUT2D eigenvalue weighted by molar-refractivity contribution is 0.758. The van der Waals surface area contributed by atoms with Crippen LogP contribution < -0.4 is 5.56 Å². The van der Waals surface area contributed by atoms with E-state index in [4.69, 9.17) is 5.26 Å². The van der Waals surface area contributed by atoms with Crippen molar-refractivity contribution in [1.29, 1.82) is 5.26 Å². The molecule has 0 saturated heterocycles. The normalized spacial score (nSPS) is 10.6. The molecule has 0 atom stereocenters. The summed E-state index contributed by atoms with van der Waals surface area (Å²) in [4.78, 5) is 12.3. The van der Waals surface area contributed by atoms with Crippen molar-refractivity contribution in [2.24, 2.45) is 0 Å². The third-order valence-electron chi connectivity index (χ3n) is 3.70. The highest BCUT2D eigenvalue weighted by atomic mass is 16.1. The van der Waals surface area contributed by atoms with Gasteiger partial charge in [-0.2, -0.15) is 5.26 Å². The maximum absolute atomic E-state index is 12.3. The highest BCUT2D eigenvalue weighted by molar-refractivity contribution is 5.69. The molecule has 0 amide bonds. The van der Waals surface area contributed by atoms with Crippen LogP contribution in [0.2, 0.25) is 0 Å². The van der Waals surface area contributed by atoms with Gasteiger partial charge in [0.15, 0.2) is 0 Å². The molecule has 0 aliphatic carbocycles. The lowest BCUT2D eigenvalue weighted by atomic mass is 10.1. The average Bonchev–Trinajstić information content (AvgIpc) is 2.63. The fourth-order valence-electron chi connectivity index (χ4n) is 2.45. The van der Waals surface area contributed by atoms with E-state index in [-0.39, 0.29) is 5.56 Å². The third kappa shape index (κ3) is 3.88. The second kappa shape index (κ2) is 7.26. The maximum atomic E-state index is 12.3. The van der Waals surface area contributed by atoms with Crippen LogP contribution >= 0.6 is 0 Å². The van der Waals surface area contributed by atoms with Gasteiger partial charge in [-0.1, -0.05) is 54.6 Å². The fraction of sp³-hybridized carbons (Fsp3) is 0.0476. The Bertz CT molecular complexity index is 963. The molecule has 0 N–H and O–H groups in total. The Morgan fingerprint density at radius 2 is 1.71 bits per heavy atom. The minimum Gasteiger partial charge on any atom is -0.311 e. The number of nitriles is 1. The van der Waals surface area contributed by atoms with Gasteiger partial charge in [-0.3, -0.25) is 4.79 Å². The molecule has 0 radical (unpaired) electrons. The Kier molecular flexibility index (Phi) is 4.69. The summed E-state index contributed by atoms with van der Waals surface area (Å²) in [5.41, 5.74) is 3.43. The Morgan fingerprint density at radius 3 is 2.46 bits per heavy atom. The molecule has 24 heavy (non-hydrogen) atoms. The summed E-state index contributed by atoms with van der Waals surface area (Å²) >= 11 is 0. The van der Waals surface area contributed by atoms with Crippen LogP contribution in [0, 0.1) is 11.3 Å². The molecule has 3 rings (SSSR count). The first-order valence-corrected chi connectivity index (χ1v) is 7.67. The first-order valence-electron chi connectivity index (χ1n) is 7.67. The van der Waals surface area contributed by atoms with Crippen LogP contribution in [0.1, 0.15) is 22.3 Å². The molecule has 0 bridgehead atoms. The molecule has 0 unspecified atom stereocenters. The predicted octanol–water partition coefficient (Wildman–Crippen LogP) is 3.94. The van der Waals surface area contributed by atoms with Crippen molar-refractivity contribution < 1.29 is 0 Å². The Hall–Kier alpha value is -3.38. The van der Waals surface area contributed by atoms with Crippen LogP contribution in [0.25, 0.3) is 12.2 Å². The van der Waals surface area contributed by atoms with Gasteiger partial charge in [0.25, 0.3) is 5.56 Å². The molecule has 0 aliphatic rings. The smallest absolute Gasteiger partial charge is 0.251 e. The van der Waals surface area contributed by atoms with Crippen LogP contribution in [0.4, 0.5) is 0 Å². The molecule has 0 spiro atoms. The molecule has 2 aromatic carbocycles. The van der Waals surface area contributed by atoms with Crippen molar-refractivity contribution in [3.05, 3.63) is 106 Å². The van der Waals surface area contributed by atoms with Gasteiger partial charge in [0.2, 0.25) is 0 Å². The largest absolute Gasteiger partial charge is 0.311 e. The van der Waals surface area contributed by atoms with Crippen LogP contribution in [-0.4, -0.2) is 4.57 Å². The molecule has 1 heterocycles.